The third-order valence-electron chi connectivity index (χ3n) is 4.58. The van der Waals surface area contributed by atoms with Gasteiger partial charge in [-0.15, -0.1) is 0 Å². The molecule has 1 unspecified atom stereocenters. The summed E-state index contributed by atoms with van der Waals surface area (Å²) in [4.78, 5) is 36.6. The van der Waals surface area contributed by atoms with Crippen LogP contribution >= 0.6 is 0 Å². The predicted octanol–water partition coefficient (Wildman–Crippen LogP) is 2.20. The summed E-state index contributed by atoms with van der Waals surface area (Å²) < 4.78 is 10.5. The van der Waals surface area contributed by atoms with Gasteiger partial charge in [0.25, 0.3) is 0 Å². The van der Waals surface area contributed by atoms with Gasteiger partial charge in [0.1, 0.15) is 6.61 Å². The van der Waals surface area contributed by atoms with Crippen molar-refractivity contribution >= 4 is 18.0 Å². The molecule has 1 aliphatic heterocycles. The predicted molar refractivity (Wildman–Crippen MR) is 92.8 cm³/mol. The number of carbonyl (C=O) groups is 3. The first-order chi connectivity index (χ1) is 12.6. The first-order valence-electron chi connectivity index (χ1n) is 8.79. The quantitative estimate of drug-likeness (QED) is 0.761. The normalized spacial score (nSPS) is 19.9. The lowest BCUT2D eigenvalue weighted by Crippen LogP contribution is -2.47. The van der Waals surface area contributed by atoms with Gasteiger partial charge in [0.15, 0.2) is 0 Å². The van der Waals surface area contributed by atoms with Crippen molar-refractivity contribution < 1.29 is 23.9 Å². The number of esters is 2. The second-order valence-corrected chi connectivity index (χ2v) is 6.29. The average Bonchev–Trinajstić information content (AvgIpc) is 2.58. The van der Waals surface area contributed by atoms with Gasteiger partial charge in [-0.3, -0.25) is 4.79 Å². The van der Waals surface area contributed by atoms with Crippen molar-refractivity contribution in [2.75, 3.05) is 13.2 Å². The Kier molecular flexibility index (Phi) is 5.55. The fraction of sp³-hybridized carbons (Fsp3) is 0.421. The molecule has 1 heterocycles. The Morgan fingerprint density at radius 2 is 1.88 bits per heavy atom. The number of amides is 2. The van der Waals surface area contributed by atoms with Crippen LogP contribution in [0.5, 0.6) is 0 Å². The molecule has 1 aromatic rings. The summed E-state index contributed by atoms with van der Waals surface area (Å²) in [5.74, 6) is -0.927. The third-order valence-corrected chi connectivity index (χ3v) is 4.58. The number of rotatable bonds is 6. The highest BCUT2D eigenvalue weighted by Gasteiger charge is 2.35. The summed E-state index contributed by atoms with van der Waals surface area (Å²) in [6.45, 7) is 1.74. The molecule has 7 nitrogen and oxygen atoms in total. The largest absolute Gasteiger partial charge is 0.463 e. The summed E-state index contributed by atoms with van der Waals surface area (Å²) in [7, 11) is 0. The number of benzene rings is 1. The monoisotopic (exact) mass is 358 g/mol. The topological polar surface area (TPSA) is 93.7 Å². The number of hydrogen-bond acceptors (Lipinski definition) is 5. The molecular formula is C19H22N2O5. The summed E-state index contributed by atoms with van der Waals surface area (Å²) in [5, 5.41) is 5.32. The molecule has 1 aliphatic carbocycles. The van der Waals surface area contributed by atoms with E-state index in [-0.39, 0.29) is 36.4 Å². The number of carbonyl (C=O) groups excluding carboxylic acids is 3. The molecule has 2 amide bonds. The Labute approximate surface area is 151 Å². The lowest BCUT2D eigenvalue weighted by Gasteiger charge is -2.30. The van der Waals surface area contributed by atoms with Crippen LogP contribution in [0.4, 0.5) is 4.79 Å². The van der Waals surface area contributed by atoms with Crippen molar-refractivity contribution in [3.05, 3.63) is 47.2 Å². The summed E-state index contributed by atoms with van der Waals surface area (Å²) in [5.41, 5.74) is 1.25. The lowest BCUT2D eigenvalue weighted by molar-refractivity contribution is -0.150. The highest BCUT2D eigenvalue weighted by atomic mass is 16.5. The van der Waals surface area contributed by atoms with Crippen LogP contribution in [0.3, 0.4) is 0 Å². The summed E-state index contributed by atoms with van der Waals surface area (Å²) in [6, 6.07) is 8.00. The van der Waals surface area contributed by atoms with Crippen LogP contribution in [-0.2, 0) is 19.1 Å². The molecule has 138 valence electrons. The summed E-state index contributed by atoms with van der Waals surface area (Å²) >= 11 is 0. The van der Waals surface area contributed by atoms with Crippen molar-refractivity contribution in [2.45, 2.75) is 32.2 Å². The molecule has 0 spiro atoms. The minimum absolute atomic E-state index is 0.0796. The molecule has 7 heteroatoms. The lowest BCUT2D eigenvalue weighted by atomic mass is 9.86. The Bertz CT molecular complexity index is 725. The zero-order valence-corrected chi connectivity index (χ0v) is 14.6. The first-order valence-corrected chi connectivity index (χ1v) is 8.79. The van der Waals surface area contributed by atoms with Gasteiger partial charge in [-0.25, -0.2) is 9.59 Å². The van der Waals surface area contributed by atoms with E-state index in [2.05, 4.69) is 10.6 Å². The number of ether oxygens (including phenoxy) is 2. The molecule has 2 aliphatic rings. The molecule has 1 atom stereocenters. The zero-order chi connectivity index (χ0) is 18.5. The van der Waals surface area contributed by atoms with E-state index in [1.807, 2.05) is 30.3 Å². The van der Waals surface area contributed by atoms with Gasteiger partial charge < -0.3 is 20.1 Å². The van der Waals surface area contributed by atoms with Gasteiger partial charge in [-0.2, -0.15) is 0 Å². The van der Waals surface area contributed by atoms with Gasteiger partial charge in [-0.05, 0) is 25.3 Å². The Hall–Kier alpha value is -2.83. The Morgan fingerprint density at radius 3 is 2.50 bits per heavy atom. The van der Waals surface area contributed by atoms with Crippen LogP contribution < -0.4 is 10.6 Å². The van der Waals surface area contributed by atoms with Crippen LogP contribution in [0, 0.1) is 5.92 Å². The van der Waals surface area contributed by atoms with Gasteiger partial charge in [0, 0.05) is 0 Å². The molecule has 1 saturated carbocycles. The molecule has 26 heavy (non-hydrogen) atoms. The van der Waals surface area contributed by atoms with Gasteiger partial charge >= 0.3 is 18.0 Å². The standard InChI is InChI=1S/C19H22N2O5/c1-2-25-18(23)15-14(11-26-17(22)13-9-6-10-13)20-19(24)21-16(15)12-7-4-3-5-8-12/h3-5,7-8,13,16H,2,6,9-11H2,1H3,(H2,20,21,24). The highest BCUT2D eigenvalue weighted by molar-refractivity contribution is 5.95. The van der Waals surface area contributed by atoms with Crippen molar-refractivity contribution in [1.82, 2.24) is 10.6 Å². The average molecular weight is 358 g/mol. The van der Waals surface area contributed by atoms with Crippen LogP contribution in [0.2, 0.25) is 0 Å². The van der Waals surface area contributed by atoms with Crippen molar-refractivity contribution in [1.29, 1.82) is 0 Å². The molecule has 3 rings (SSSR count). The third kappa shape index (κ3) is 3.87. The van der Waals surface area contributed by atoms with E-state index in [4.69, 9.17) is 9.47 Å². The van der Waals surface area contributed by atoms with Gasteiger partial charge in [-0.1, -0.05) is 36.8 Å². The SMILES string of the molecule is CCOC(=O)C1=C(COC(=O)C2CCC2)NC(=O)NC1c1ccccc1. The minimum atomic E-state index is -0.665. The maximum Gasteiger partial charge on any atom is 0.338 e. The molecular weight excluding hydrogens is 336 g/mol. The van der Waals surface area contributed by atoms with Crippen LogP contribution in [0.15, 0.2) is 41.6 Å². The van der Waals surface area contributed by atoms with E-state index in [0.29, 0.717) is 0 Å². The van der Waals surface area contributed by atoms with E-state index in [9.17, 15) is 14.4 Å². The molecule has 1 aromatic carbocycles. The fourth-order valence-electron chi connectivity index (χ4n) is 2.98. The second-order valence-electron chi connectivity index (χ2n) is 6.29. The number of hydrogen-bond donors (Lipinski definition) is 2. The van der Waals surface area contributed by atoms with E-state index in [1.54, 1.807) is 6.92 Å². The number of urea groups is 1. The summed E-state index contributed by atoms with van der Waals surface area (Å²) in [6.07, 6.45) is 2.67. The van der Waals surface area contributed by atoms with E-state index >= 15 is 0 Å². The van der Waals surface area contributed by atoms with Crippen molar-refractivity contribution in [3.63, 3.8) is 0 Å². The minimum Gasteiger partial charge on any atom is -0.463 e. The molecule has 0 aromatic heterocycles. The number of nitrogens with one attached hydrogen (secondary N) is 2. The van der Waals surface area contributed by atoms with E-state index in [0.717, 1.165) is 24.8 Å². The molecule has 0 radical (unpaired) electrons. The Morgan fingerprint density at radius 1 is 1.15 bits per heavy atom. The van der Waals surface area contributed by atoms with Crippen LogP contribution in [0.25, 0.3) is 0 Å². The van der Waals surface area contributed by atoms with E-state index in [1.165, 1.54) is 0 Å². The second kappa shape index (κ2) is 8.03. The van der Waals surface area contributed by atoms with Gasteiger partial charge in [0.2, 0.25) is 0 Å². The zero-order valence-electron chi connectivity index (χ0n) is 14.6. The van der Waals surface area contributed by atoms with Crippen LogP contribution in [0.1, 0.15) is 37.8 Å². The Balaban J connectivity index is 1.88. The van der Waals surface area contributed by atoms with Gasteiger partial charge in [0.05, 0.1) is 29.8 Å². The first kappa shape index (κ1) is 18.0. The maximum absolute atomic E-state index is 12.5. The van der Waals surface area contributed by atoms with Crippen molar-refractivity contribution in [2.24, 2.45) is 5.92 Å². The van der Waals surface area contributed by atoms with Crippen LogP contribution in [-0.4, -0.2) is 31.2 Å². The molecule has 1 fully saturated rings. The fourth-order valence-corrected chi connectivity index (χ4v) is 2.98. The molecule has 0 bridgehead atoms. The molecule has 2 N–H and O–H groups in total. The highest BCUT2D eigenvalue weighted by Crippen LogP contribution is 2.30. The molecule has 0 saturated heterocycles. The smallest absolute Gasteiger partial charge is 0.338 e. The van der Waals surface area contributed by atoms with Crippen molar-refractivity contribution in [3.8, 4) is 0 Å². The maximum atomic E-state index is 12.5. The van der Waals surface area contributed by atoms with E-state index < -0.39 is 18.0 Å².